The maximum Gasteiger partial charge on any atom is 0.396 e. The molecule has 0 aliphatic rings. The van der Waals surface area contributed by atoms with Crippen molar-refractivity contribution >= 4 is 5.97 Å². The number of carbonyl (C=O) groups is 1. The van der Waals surface area contributed by atoms with Crippen LogP contribution in [-0.4, -0.2) is 5.97 Å². The normalized spacial score (nSPS) is 9.91. The average Bonchev–Trinajstić information content (AvgIpc) is 2.36. The van der Waals surface area contributed by atoms with Crippen molar-refractivity contribution in [2.75, 3.05) is 0 Å². The summed E-state index contributed by atoms with van der Waals surface area (Å²) in [7, 11) is 0. The maximum atomic E-state index is 10.3. The maximum absolute atomic E-state index is 10.3. The smallest absolute Gasteiger partial charge is 0.396 e. The summed E-state index contributed by atoms with van der Waals surface area (Å²) in [5, 5.41) is 10.3. The van der Waals surface area contributed by atoms with E-state index in [2.05, 4.69) is 4.42 Å². The van der Waals surface area contributed by atoms with Crippen LogP contribution in [0.15, 0.2) is 16.9 Å². The summed E-state index contributed by atoms with van der Waals surface area (Å²) >= 11 is 0. The highest BCUT2D eigenvalue weighted by Crippen LogP contribution is 1.90. The van der Waals surface area contributed by atoms with Gasteiger partial charge in [-0.25, -0.2) is 0 Å². The van der Waals surface area contributed by atoms with E-state index in [9.17, 15) is 9.90 Å². The Hall–Kier alpha value is -1.32. The van der Waals surface area contributed by atoms with E-state index in [1.807, 2.05) is 6.92 Å². The van der Waals surface area contributed by atoms with Crippen LogP contribution in [0.5, 0.6) is 0 Å². The Morgan fingerprint density at radius 1 is 1.82 bits per heavy atom. The van der Waals surface area contributed by atoms with Gasteiger partial charge in [-0.2, -0.15) is 4.57 Å². The van der Waals surface area contributed by atoms with Crippen LogP contribution in [0.2, 0.25) is 0 Å². The van der Waals surface area contributed by atoms with Crippen LogP contribution in [-0.2, 0) is 6.54 Å². The van der Waals surface area contributed by atoms with Gasteiger partial charge >= 0.3 is 5.89 Å². The molecule has 0 N–H and O–H groups in total. The molecular formula is C7H9NO3. The van der Waals surface area contributed by atoms with Crippen molar-refractivity contribution in [1.29, 1.82) is 0 Å². The van der Waals surface area contributed by atoms with Gasteiger partial charge in [-0.3, -0.25) is 0 Å². The summed E-state index contributed by atoms with van der Waals surface area (Å²) in [5.74, 6) is -1.39. The zero-order valence-electron chi connectivity index (χ0n) is 6.24. The Kier molecular flexibility index (Phi) is 2.25. The molecule has 1 heterocycles. The van der Waals surface area contributed by atoms with Gasteiger partial charge in [0.05, 0.1) is 0 Å². The van der Waals surface area contributed by atoms with E-state index in [0.717, 1.165) is 6.42 Å². The van der Waals surface area contributed by atoms with Crippen LogP contribution in [0.4, 0.5) is 0 Å². The molecule has 4 nitrogen and oxygen atoms in total. The molecule has 1 rings (SSSR count). The molecule has 0 saturated heterocycles. The minimum atomic E-state index is -1.27. The topological polar surface area (TPSA) is 57.2 Å². The predicted octanol–water partition coefficient (Wildman–Crippen LogP) is -0.659. The molecule has 0 fully saturated rings. The molecule has 0 saturated carbocycles. The fourth-order valence-electron chi connectivity index (χ4n) is 0.886. The van der Waals surface area contributed by atoms with E-state index in [1.165, 1.54) is 10.8 Å². The van der Waals surface area contributed by atoms with Crippen molar-refractivity contribution in [3.8, 4) is 0 Å². The molecular weight excluding hydrogens is 146 g/mol. The van der Waals surface area contributed by atoms with Gasteiger partial charge in [0.2, 0.25) is 6.20 Å². The molecule has 0 bridgehead atoms. The number of aromatic carboxylic acids is 1. The van der Waals surface area contributed by atoms with Crippen molar-refractivity contribution in [3.05, 3.63) is 18.4 Å². The second-order valence-corrected chi connectivity index (χ2v) is 2.19. The van der Waals surface area contributed by atoms with E-state index in [-0.39, 0.29) is 5.89 Å². The Morgan fingerprint density at radius 3 is 3.09 bits per heavy atom. The summed E-state index contributed by atoms with van der Waals surface area (Å²) < 4.78 is 6.19. The summed E-state index contributed by atoms with van der Waals surface area (Å²) in [6.45, 7) is 2.60. The van der Waals surface area contributed by atoms with Crippen LogP contribution in [0.3, 0.4) is 0 Å². The van der Waals surface area contributed by atoms with Crippen LogP contribution in [0, 0.1) is 0 Å². The number of oxazole rings is 1. The average molecular weight is 155 g/mol. The third-order valence-electron chi connectivity index (χ3n) is 1.32. The molecule has 4 heteroatoms. The molecule has 1 aromatic rings. The number of hydrogen-bond acceptors (Lipinski definition) is 3. The number of aryl methyl sites for hydroxylation is 1. The zero-order chi connectivity index (χ0) is 8.27. The number of nitrogens with zero attached hydrogens (tertiary/aromatic N) is 1. The summed E-state index contributed by atoms with van der Waals surface area (Å²) in [6.07, 6.45) is 3.78. The predicted molar refractivity (Wildman–Crippen MR) is 33.5 cm³/mol. The van der Waals surface area contributed by atoms with Gasteiger partial charge < -0.3 is 14.3 Å². The first-order chi connectivity index (χ1) is 5.25. The van der Waals surface area contributed by atoms with Gasteiger partial charge in [-0.15, -0.1) is 0 Å². The largest absolute Gasteiger partial charge is 0.537 e. The second-order valence-electron chi connectivity index (χ2n) is 2.19. The second kappa shape index (κ2) is 3.18. The van der Waals surface area contributed by atoms with Crippen LogP contribution in [0.1, 0.15) is 24.0 Å². The first kappa shape index (κ1) is 7.78. The lowest BCUT2D eigenvalue weighted by molar-refractivity contribution is -0.704. The van der Waals surface area contributed by atoms with E-state index in [0.29, 0.717) is 6.54 Å². The number of rotatable bonds is 3. The number of carboxylic acid groups (broad SMARTS) is 1. The summed E-state index contributed by atoms with van der Waals surface area (Å²) in [5.41, 5.74) is 0. The molecule has 1 aromatic heterocycles. The van der Waals surface area contributed by atoms with Crippen molar-refractivity contribution in [1.82, 2.24) is 0 Å². The van der Waals surface area contributed by atoms with Crippen molar-refractivity contribution in [3.63, 3.8) is 0 Å². The fourth-order valence-corrected chi connectivity index (χ4v) is 0.886. The third kappa shape index (κ3) is 1.58. The number of carboxylic acids is 1. The molecule has 0 spiro atoms. The van der Waals surface area contributed by atoms with Crippen molar-refractivity contribution in [2.45, 2.75) is 19.9 Å². The van der Waals surface area contributed by atoms with Crippen LogP contribution in [0.25, 0.3) is 0 Å². The van der Waals surface area contributed by atoms with Crippen molar-refractivity contribution in [2.24, 2.45) is 0 Å². The molecule has 0 aromatic carbocycles. The van der Waals surface area contributed by atoms with Gasteiger partial charge in [0.25, 0.3) is 0 Å². The van der Waals surface area contributed by atoms with Crippen LogP contribution < -0.4 is 9.67 Å². The molecule has 11 heavy (non-hydrogen) atoms. The van der Waals surface area contributed by atoms with Crippen molar-refractivity contribution < 1.29 is 18.9 Å². The lowest BCUT2D eigenvalue weighted by Gasteiger charge is -1.93. The van der Waals surface area contributed by atoms with Gasteiger partial charge in [0, 0.05) is 6.42 Å². The molecule has 0 amide bonds. The summed E-state index contributed by atoms with van der Waals surface area (Å²) in [6, 6.07) is 0. The van der Waals surface area contributed by atoms with E-state index >= 15 is 0 Å². The SMILES string of the molecule is CCC[n+]1ccoc1C(=O)[O-]. The third-order valence-corrected chi connectivity index (χ3v) is 1.32. The Labute approximate surface area is 64.1 Å². The van der Waals surface area contributed by atoms with Gasteiger partial charge in [0.15, 0.2) is 18.8 Å². The highest BCUT2D eigenvalue weighted by molar-refractivity contribution is 5.78. The van der Waals surface area contributed by atoms with E-state index in [1.54, 1.807) is 6.20 Å². The first-order valence-corrected chi connectivity index (χ1v) is 3.44. The molecule has 0 aliphatic heterocycles. The monoisotopic (exact) mass is 155 g/mol. The lowest BCUT2D eigenvalue weighted by Crippen LogP contribution is -2.41. The molecule has 60 valence electrons. The summed E-state index contributed by atoms with van der Waals surface area (Å²) in [4.78, 5) is 10.3. The number of carbonyl (C=O) groups excluding carboxylic acids is 1. The Balaban J connectivity index is 2.87. The first-order valence-electron chi connectivity index (χ1n) is 3.44. The standard InChI is InChI=1S/C7H9NO3/c1-2-3-8-4-5-11-6(8)7(9)10/h4-5H,2-3H2,1H3. The number of hydrogen-bond donors (Lipinski definition) is 0. The van der Waals surface area contributed by atoms with E-state index in [4.69, 9.17) is 0 Å². The van der Waals surface area contributed by atoms with Gasteiger partial charge in [-0.1, -0.05) is 6.92 Å². The van der Waals surface area contributed by atoms with Gasteiger partial charge in [-0.05, 0) is 0 Å². The quantitative estimate of drug-likeness (QED) is 0.544. The number of aromatic nitrogens is 1. The molecule has 0 atom stereocenters. The Morgan fingerprint density at radius 2 is 2.55 bits per heavy atom. The minimum Gasteiger partial charge on any atom is -0.537 e. The Bertz CT molecular complexity index is 254. The highest BCUT2D eigenvalue weighted by atomic mass is 16.4. The highest BCUT2D eigenvalue weighted by Gasteiger charge is 2.13. The molecule has 0 aliphatic carbocycles. The minimum absolute atomic E-state index is 0.119. The van der Waals surface area contributed by atoms with Gasteiger partial charge in [0.1, 0.15) is 0 Å². The van der Waals surface area contributed by atoms with E-state index < -0.39 is 5.97 Å². The fraction of sp³-hybridized carbons (Fsp3) is 0.429. The zero-order valence-corrected chi connectivity index (χ0v) is 6.24. The molecule has 0 unspecified atom stereocenters. The lowest BCUT2D eigenvalue weighted by atomic mass is 10.4. The van der Waals surface area contributed by atoms with Crippen LogP contribution >= 0.6 is 0 Å². The molecule has 0 radical (unpaired) electrons.